The number of amides is 5. The number of aliphatic carboxylic acids is 3. The van der Waals surface area contributed by atoms with Gasteiger partial charge in [-0.2, -0.15) is 0 Å². The molecule has 0 aliphatic carbocycles. The summed E-state index contributed by atoms with van der Waals surface area (Å²) in [6.45, 7) is 3.23. The lowest BCUT2D eigenvalue weighted by Gasteiger charge is -2.27. The molecule has 0 aromatic carbocycles. The first-order chi connectivity index (χ1) is 17.1. The third-order valence-electron chi connectivity index (χ3n) is 5.12. The molecule has 4 atom stereocenters. The number of hydrogen-bond donors (Lipinski definition) is 9. The average molecular weight is 533 g/mol. The van der Waals surface area contributed by atoms with Crippen molar-refractivity contribution in [2.45, 2.75) is 76.5 Å². The number of primary amides is 1. The summed E-state index contributed by atoms with van der Waals surface area (Å²) in [7, 11) is 0. The van der Waals surface area contributed by atoms with E-state index in [1.807, 2.05) is 0 Å². The zero-order valence-corrected chi connectivity index (χ0v) is 20.7. The van der Waals surface area contributed by atoms with Crippen LogP contribution < -0.4 is 32.7 Å². The van der Waals surface area contributed by atoms with Crippen LogP contribution in [0.1, 0.15) is 52.4 Å². The van der Waals surface area contributed by atoms with Crippen molar-refractivity contribution in [1.82, 2.24) is 21.3 Å². The van der Waals surface area contributed by atoms with Gasteiger partial charge in [0.05, 0.1) is 6.04 Å². The number of rotatable bonds is 18. The molecule has 16 heteroatoms. The summed E-state index contributed by atoms with van der Waals surface area (Å²) < 4.78 is 0. The van der Waals surface area contributed by atoms with Gasteiger partial charge in [-0.15, -0.1) is 0 Å². The van der Waals surface area contributed by atoms with Crippen LogP contribution in [-0.4, -0.2) is 87.7 Å². The summed E-state index contributed by atoms with van der Waals surface area (Å²) in [5.41, 5.74) is 10.6. The molecule has 0 radical (unpaired) electrons. The number of carbonyl (C=O) groups is 7. The van der Waals surface area contributed by atoms with E-state index in [2.05, 4.69) is 21.3 Å². The summed E-state index contributed by atoms with van der Waals surface area (Å²) in [6, 6.07) is -6.06. The van der Waals surface area contributed by atoms with Gasteiger partial charge in [-0.05, 0) is 31.6 Å². The maximum Gasteiger partial charge on any atom is 0.326 e. The molecule has 5 amide bonds. The molecule has 0 aliphatic rings. The Bertz CT molecular complexity index is 850. The quantitative estimate of drug-likeness (QED) is 0.0845. The van der Waals surface area contributed by atoms with Crippen LogP contribution in [0.25, 0.3) is 0 Å². The van der Waals surface area contributed by atoms with Crippen molar-refractivity contribution in [3.63, 3.8) is 0 Å². The molecule has 0 fully saturated rings. The van der Waals surface area contributed by atoms with Crippen molar-refractivity contribution in [1.29, 1.82) is 0 Å². The van der Waals surface area contributed by atoms with Gasteiger partial charge in [-0.3, -0.25) is 24.0 Å². The molecular formula is C21H36N6O10. The minimum Gasteiger partial charge on any atom is -0.481 e. The molecule has 11 N–H and O–H groups in total. The number of nitrogens with one attached hydrogen (secondary N) is 4. The second kappa shape index (κ2) is 16.7. The topological polar surface area (TPSA) is 280 Å². The highest BCUT2D eigenvalue weighted by Crippen LogP contribution is 2.08. The Morgan fingerprint density at radius 2 is 1.27 bits per heavy atom. The van der Waals surface area contributed by atoms with E-state index < -0.39 is 84.6 Å². The number of carboxylic acid groups (broad SMARTS) is 3. The van der Waals surface area contributed by atoms with Gasteiger partial charge >= 0.3 is 23.9 Å². The van der Waals surface area contributed by atoms with Gasteiger partial charge in [0.2, 0.25) is 17.7 Å². The van der Waals surface area contributed by atoms with Gasteiger partial charge < -0.3 is 48.1 Å². The minimum absolute atomic E-state index is 0.0500. The van der Waals surface area contributed by atoms with Gasteiger partial charge in [0, 0.05) is 19.4 Å². The Morgan fingerprint density at radius 3 is 1.76 bits per heavy atom. The number of carbonyl (C=O) groups excluding carboxylic acids is 4. The average Bonchev–Trinajstić information content (AvgIpc) is 2.79. The first-order valence-corrected chi connectivity index (χ1v) is 11.5. The van der Waals surface area contributed by atoms with E-state index >= 15 is 0 Å². The largest absolute Gasteiger partial charge is 0.481 e. The lowest BCUT2D eigenvalue weighted by Crippen LogP contribution is -2.58. The van der Waals surface area contributed by atoms with E-state index in [1.165, 1.54) is 0 Å². The first-order valence-electron chi connectivity index (χ1n) is 11.5. The molecule has 16 nitrogen and oxygen atoms in total. The normalized spacial score (nSPS) is 13.9. The van der Waals surface area contributed by atoms with Crippen molar-refractivity contribution in [2.24, 2.45) is 17.4 Å². The third-order valence-corrected chi connectivity index (χ3v) is 5.12. The van der Waals surface area contributed by atoms with Crippen molar-refractivity contribution >= 4 is 41.7 Å². The second-order valence-corrected chi connectivity index (χ2v) is 8.60. The second-order valence-electron chi connectivity index (χ2n) is 8.60. The highest BCUT2D eigenvalue weighted by atomic mass is 16.4. The van der Waals surface area contributed by atoms with Gasteiger partial charge in [0.15, 0.2) is 0 Å². The molecule has 0 rings (SSSR count). The number of hydrogen-bond acceptors (Lipinski definition) is 8. The van der Waals surface area contributed by atoms with Crippen molar-refractivity contribution < 1.29 is 48.9 Å². The lowest BCUT2D eigenvalue weighted by atomic mass is 10.0. The molecule has 0 aromatic rings. The number of urea groups is 1. The highest BCUT2D eigenvalue weighted by molar-refractivity contribution is 5.94. The molecule has 0 heterocycles. The highest BCUT2D eigenvalue weighted by Gasteiger charge is 2.32. The van der Waals surface area contributed by atoms with Crippen LogP contribution in [0.15, 0.2) is 0 Å². The molecule has 210 valence electrons. The van der Waals surface area contributed by atoms with Gasteiger partial charge in [-0.1, -0.05) is 13.8 Å². The predicted molar refractivity (Wildman–Crippen MR) is 127 cm³/mol. The molecule has 0 spiro atoms. The summed E-state index contributed by atoms with van der Waals surface area (Å²) in [6.07, 6.45) is -1.36. The Kier molecular flexibility index (Phi) is 14.9. The summed E-state index contributed by atoms with van der Waals surface area (Å²) >= 11 is 0. The van der Waals surface area contributed by atoms with Crippen molar-refractivity contribution in [2.75, 3.05) is 6.54 Å². The molecule has 0 saturated heterocycles. The molecular weight excluding hydrogens is 496 g/mol. The first kappa shape index (κ1) is 33.0. The fraction of sp³-hybridized carbons (Fsp3) is 0.667. The number of nitrogens with two attached hydrogens (primary N) is 2. The van der Waals surface area contributed by atoms with Crippen LogP contribution in [0.2, 0.25) is 0 Å². The van der Waals surface area contributed by atoms with Crippen LogP contribution in [0, 0.1) is 5.92 Å². The zero-order valence-electron chi connectivity index (χ0n) is 20.7. The number of carboxylic acids is 3. The summed E-state index contributed by atoms with van der Waals surface area (Å²) in [5.74, 6) is -6.94. The van der Waals surface area contributed by atoms with Gasteiger partial charge in [0.1, 0.15) is 18.1 Å². The smallest absolute Gasteiger partial charge is 0.326 e. The third kappa shape index (κ3) is 14.3. The Hall–Kier alpha value is -3.95. The standard InChI is InChI=1S/C21H36N6O10/c1-10(2)16(19(34)26-13(20(35)36)4-3-9-24-21(23)37)27-18(33)12(6-8-15(30)31)25-17(32)11(22)5-7-14(28)29/h10-13,16H,3-9,22H2,1-2H3,(H,25,32)(H,26,34)(H,27,33)(H,28,29)(H,30,31)(H,35,36)(H3,23,24,37)/t11-,12-,13-,16-/m0/s1. The van der Waals surface area contributed by atoms with Gasteiger partial charge in [0.25, 0.3) is 0 Å². The summed E-state index contributed by atoms with van der Waals surface area (Å²) in [5, 5.41) is 36.4. The van der Waals surface area contributed by atoms with E-state index in [1.54, 1.807) is 13.8 Å². The van der Waals surface area contributed by atoms with E-state index in [4.69, 9.17) is 21.7 Å². The molecule has 0 aliphatic heterocycles. The lowest BCUT2D eigenvalue weighted by molar-refractivity contribution is -0.143. The van der Waals surface area contributed by atoms with Crippen molar-refractivity contribution in [3.05, 3.63) is 0 Å². The van der Waals surface area contributed by atoms with E-state index in [0.29, 0.717) is 0 Å². The van der Waals surface area contributed by atoms with Crippen LogP contribution in [-0.2, 0) is 28.8 Å². The summed E-state index contributed by atoms with van der Waals surface area (Å²) in [4.78, 5) is 82.0. The molecule has 0 bridgehead atoms. The fourth-order valence-corrected chi connectivity index (χ4v) is 3.05. The maximum atomic E-state index is 12.9. The van der Waals surface area contributed by atoms with Crippen molar-refractivity contribution in [3.8, 4) is 0 Å². The fourth-order valence-electron chi connectivity index (χ4n) is 3.05. The Morgan fingerprint density at radius 1 is 0.730 bits per heavy atom. The zero-order chi connectivity index (χ0) is 28.7. The van der Waals surface area contributed by atoms with E-state index in [9.17, 15) is 38.7 Å². The monoisotopic (exact) mass is 532 g/mol. The van der Waals surface area contributed by atoms with E-state index in [-0.39, 0.29) is 32.2 Å². The SMILES string of the molecule is CC(C)[C@H](NC(=O)[C@H](CCC(=O)O)NC(=O)[C@@H](N)CCC(=O)O)C(=O)N[C@@H](CCCNC(N)=O)C(=O)O. The molecule has 0 unspecified atom stereocenters. The minimum atomic E-state index is -1.41. The van der Waals surface area contributed by atoms with E-state index in [0.717, 1.165) is 0 Å². The predicted octanol–water partition coefficient (Wildman–Crippen LogP) is -2.31. The molecule has 0 saturated carbocycles. The van der Waals surface area contributed by atoms with Crippen LogP contribution in [0.5, 0.6) is 0 Å². The molecule has 37 heavy (non-hydrogen) atoms. The molecule has 0 aromatic heterocycles. The van der Waals surface area contributed by atoms with Crippen LogP contribution >= 0.6 is 0 Å². The maximum absolute atomic E-state index is 12.9. The van der Waals surface area contributed by atoms with Crippen LogP contribution in [0.3, 0.4) is 0 Å². The van der Waals surface area contributed by atoms with Gasteiger partial charge in [-0.25, -0.2) is 9.59 Å². The Labute approximate surface area is 212 Å². The van der Waals surface area contributed by atoms with Crippen LogP contribution in [0.4, 0.5) is 4.79 Å². The Balaban J connectivity index is 5.40.